The zero-order chi connectivity index (χ0) is 8.27. The predicted molar refractivity (Wildman–Crippen MR) is 44.4 cm³/mol. The van der Waals surface area contributed by atoms with Crippen molar-refractivity contribution in [3.05, 3.63) is 0 Å². The maximum absolute atomic E-state index is 9.45. The molecule has 0 amide bonds. The first-order chi connectivity index (χ1) is 5.27. The molecule has 1 N–H and O–H groups in total. The third kappa shape index (κ3) is 2.17. The Labute approximate surface area is 68.6 Å². The van der Waals surface area contributed by atoms with Crippen LogP contribution in [0.4, 0.5) is 0 Å². The van der Waals surface area contributed by atoms with E-state index in [4.69, 9.17) is 4.74 Å². The van der Waals surface area contributed by atoms with E-state index in [-0.39, 0.29) is 12.2 Å². The van der Waals surface area contributed by atoms with Gasteiger partial charge in [0.1, 0.15) is 0 Å². The minimum atomic E-state index is -0.244. The van der Waals surface area contributed by atoms with Crippen LogP contribution in [0.1, 0.15) is 33.1 Å². The maximum atomic E-state index is 9.45. The van der Waals surface area contributed by atoms with Gasteiger partial charge in [0.05, 0.1) is 12.2 Å². The van der Waals surface area contributed by atoms with Gasteiger partial charge in [-0.3, -0.25) is 0 Å². The molecule has 0 aliphatic carbocycles. The van der Waals surface area contributed by atoms with Crippen LogP contribution < -0.4 is 0 Å². The van der Waals surface area contributed by atoms with Crippen molar-refractivity contribution < 1.29 is 9.84 Å². The van der Waals surface area contributed by atoms with E-state index in [0.717, 1.165) is 19.4 Å². The van der Waals surface area contributed by atoms with E-state index in [1.54, 1.807) is 0 Å². The second-order valence-corrected chi connectivity index (χ2v) is 3.36. The molecule has 0 bridgehead atoms. The standard InChI is InChI=1S/C9H18O2/c1-3-7-5-9(11-6-7)8(10)4-2/h7-10H,3-6H2,1-2H3/t7-,8+,9+/m0/s1. The van der Waals surface area contributed by atoms with Gasteiger partial charge < -0.3 is 9.84 Å². The summed E-state index contributed by atoms with van der Waals surface area (Å²) in [5, 5.41) is 9.45. The Morgan fingerprint density at radius 1 is 1.55 bits per heavy atom. The van der Waals surface area contributed by atoms with Crippen LogP contribution in [-0.4, -0.2) is 23.9 Å². The van der Waals surface area contributed by atoms with Crippen LogP contribution in [0.5, 0.6) is 0 Å². The highest BCUT2D eigenvalue weighted by Crippen LogP contribution is 2.25. The molecule has 0 saturated carbocycles. The molecule has 0 unspecified atom stereocenters. The van der Waals surface area contributed by atoms with Gasteiger partial charge in [0.15, 0.2) is 0 Å². The zero-order valence-electron chi connectivity index (χ0n) is 7.42. The molecule has 1 saturated heterocycles. The van der Waals surface area contributed by atoms with Crippen LogP contribution in [0.2, 0.25) is 0 Å². The van der Waals surface area contributed by atoms with Crippen molar-refractivity contribution in [3.8, 4) is 0 Å². The molecule has 0 radical (unpaired) electrons. The summed E-state index contributed by atoms with van der Waals surface area (Å²) in [4.78, 5) is 0. The highest BCUT2D eigenvalue weighted by atomic mass is 16.5. The second-order valence-electron chi connectivity index (χ2n) is 3.36. The molecule has 0 aromatic rings. The Bertz CT molecular complexity index is 114. The Hall–Kier alpha value is -0.0800. The van der Waals surface area contributed by atoms with E-state index in [2.05, 4.69) is 6.92 Å². The van der Waals surface area contributed by atoms with E-state index >= 15 is 0 Å². The van der Waals surface area contributed by atoms with Crippen molar-refractivity contribution in [2.24, 2.45) is 5.92 Å². The summed E-state index contributed by atoms with van der Waals surface area (Å²) in [5.74, 6) is 0.682. The number of aliphatic hydroxyl groups excluding tert-OH is 1. The van der Waals surface area contributed by atoms with Crippen molar-refractivity contribution in [1.82, 2.24) is 0 Å². The first-order valence-corrected chi connectivity index (χ1v) is 4.57. The molecule has 1 rings (SSSR count). The fourth-order valence-electron chi connectivity index (χ4n) is 1.54. The summed E-state index contributed by atoms with van der Waals surface area (Å²) in [7, 11) is 0. The summed E-state index contributed by atoms with van der Waals surface area (Å²) in [6.07, 6.45) is 2.90. The topological polar surface area (TPSA) is 29.5 Å². The van der Waals surface area contributed by atoms with Gasteiger partial charge in [-0.15, -0.1) is 0 Å². The molecule has 2 nitrogen and oxygen atoms in total. The molecule has 2 heteroatoms. The van der Waals surface area contributed by atoms with Gasteiger partial charge in [0.2, 0.25) is 0 Å². The lowest BCUT2D eigenvalue weighted by Gasteiger charge is -2.14. The molecule has 1 aliphatic heterocycles. The number of hydrogen-bond donors (Lipinski definition) is 1. The molecular weight excluding hydrogens is 140 g/mol. The molecule has 0 spiro atoms. The highest BCUT2D eigenvalue weighted by molar-refractivity contribution is 4.77. The van der Waals surface area contributed by atoms with Crippen LogP contribution in [0, 0.1) is 5.92 Å². The van der Waals surface area contributed by atoms with Crippen molar-refractivity contribution >= 4 is 0 Å². The number of hydrogen-bond acceptors (Lipinski definition) is 2. The Balaban J connectivity index is 2.29. The van der Waals surface area contributed by atoms with Crippen LogP contribution >= 0.6 is 0 Å². The van der Waals surface area contributed by atoms with Crippen molar-refractivity contribution in [2.75, 3.05) is 6.61 Å². The normalized spacial score (nSPS) is 34.1. The number of ether oxygens (including phenoxy) is 1. The average molecular weight is 158 g/mol. The fraction of sp³-hybridized carbons (Fsp3) is 1.00. The minimum absolute atomic E-state index is 0.116. The SMILES string of the molecule is CC[C@@H]1CO[C@@H]([C@H](O)CC)C1. The van der Waals surface area contributed by atoms with Gasteiger partial charge in [-0.25, -0.2) is 0 Å². The van der Waals surface area contributed by atoms with E-state index in [1.807, 2.05) is 6.92 Å². The summed E-state index contributed by atoms with van der Waals surface area (Å²) in [6, 6.07) is 0. The van der Waals surface area contributed by atoms with Gasteiger partial charge in [-0.2, -0.15) is 0 Å². The number of aliphatic hydroxyl groups is 1. The van der Waals surface area contributed by atoms with Crippen molar-refractivity contribution in [2.45, 2.75) is 45.3 Å². The third-order valence-electron chi connectivity index (χ3n) is 2.54. The molecule has 0 aromatic carbocycles. The molecule has 1 fully saturated rings. The van der Waals surface area contributed by atoms with Crippen LogP contribution in [0.25, 0.3) is 0 Å². The van der Waals surface area contributed by atoms with Crippen LogP contribution in [0.3, 0.4) is 0 Å². The molecule has 66 valence electrons. The Morgan fingerprint density at radius 2 is 2.27 bits per heavy atom. The first kappa shape index (κ1) is 9.01. The van der Waals surface area contributed by atoms with E-state index in [1.165, 1.54) is 6.42 Å². The quantitative estimate of drug-likeness (QED) is 0.675. The minimum Gasteiger partial charge on any atom is -0.390 e. The van der Waals surface area contributed by atoms with Crippen molar-refractivity contribution in [3.63, 3.8) is 0 Å². The van der Waals surface area contributed by atoms with Crippen molar-refractivity contribution in [1.29, 1.82) is 0 Å². The third-order valence-corrected chi connectivity index (χ3v) is 2.54. The monoisotopic (exact) mass is 158 g/mol. The molecule has 1 aliphatic rings. The van der Waals surface area contributed by atoms with Gasteiger partial charge in [-0.05, 0) is 18.8 Å². The lowest BCUT2D eigenvalue weighted by molar-refractivity contribution is -0.00337. The maximum Gasteiger partial charge on any atom is 0.0837 e. The largest absolute Gasteiger partial charge is 0.390 e. The second kappa shape index (κ2) is 4.07. The van der Waals surface area contributed by atoms with Gasteiger partial charge in [0, 0.05) is 6.61 Å². The molecule has 0 aromatic heterocycles. The summed E-state index contributed by atoms with van der Waals surface area (Å²) >= 11 is 0. The van der Waals surface area contributed by atoms with Gasteiger partial charge in [-0.1, -0.05) is 20.3 Å². The Kier molecular flexibility index (Phi) is 3.34. The molecular formula is C9H18O2. The van der Waals surface area contributed by atoms with Crippen LogP contribution in [0.15, 0.2) is 0 Å². The highest BCUT2D eigenvalue weighted by Gasteiger charge is 2.28. The molecule has 3 atom stereocenters. The van der Waals surface area contributed by atoms with E-state index in [9.17, 15) is 5.11 Å². The summed E-state index contributed by atoms with van der Waals surface area (Å²) in [5.41, 5.74) is 0. The van der Waals surface area contributed by atoms with E-state index < -0.39 is 0 Å². The zero-order valence-corrected chi connectivity index (χ0v) is 7.42. The first-order valence-electron chi connectivity index (χ1n) is 4.57. The average Bonchev–Trinajstić information content (AvgIpc) is 2.50. The molecule has 1 heterocycles. The fourth-order valence-corrected chi connectivity index (χ4v) is 1.54. The lowest BCUT2D eigenvalue weighted by atomic mass is 9.99. The predicted octanol–water partition coefficient (Wildman–Crippen LogP) is 1.57. The smallest absolute Gasteiger partial charge is 0.0837 e. The number of rotatable bonds is 3. The van der Waals surface area contributed by atoms with Crippen LogP contribution in [-0.2, 0) is 4.74 Å². The molecule has 11 heavy (non-hydrogen) atoms. The summed E-state index contributed by atoms with van der Waals surface area (Å²) in [6.45, 7) is 5.01. The summed E-state index contributed by atoms with van der Waals surface area (Å²) < 4.78 is 5.46. The lowest BCUT2D eigenvalue weighted by Crippen LogP contribution is -2.24. The van der Waals surface area contributed by atoms with Gasteiger partial charge >= 0.3 is 0 Å². The van der Waals surface area contributed by atoms with E-state index in [0.29, 0.717) is 5.92 Å². The van der Waals surface area contributed by atoms with Gasteiger partial charge in [0.25, 0.3) is 0 Å². The Morgan fingerprint density at radius 3 is 2.73 bits per heavy atom.